The van der Waals surface area contributed by atoms with E-state index in [1.807, 2.05) is 24.3 Å². The average molecular weight is 333 g/mol. The second kappa shape index (κ2) is 5.62. The summed E-state index contributed by atoms with van der Waals surface area (Å²) in [6, 6.07) is 9.18. The topological polar surface area (TPSA) is 45.7 Å². The van der Waals surface area contributed by atoms with Gasteiger partial charge in [0.2, 0.25) is 0 Å². The van der Waals surface area contributed by atoms with Gasteiger partial charge in [-0.15, -0.1) is 0 Å². The minimum Gasteiger partial charge on any atom is -0.447 e. The van der Waals surface area contributed by atoms with Crippen LogP contribution in [0.2, 0.25) is 5.02 Å². The highest BCUT2D eigenvalue weighted by Gasteiger charge is 2.09. The fraction of sp³-hybridized carbons (Fsp3) is 0. The number of hydrogen-bond acceptors (Lipinski definition) is 4. The van der Waals surface area contributed by atoms with E-state index in [4.69, 9.17) is 21.2 Å². The second-order valence-electron chi connectivity index (χ2n) is 3.08. The van der Waals surface area contributed by atoms with Crippen molar-refractivity contribution < 1.29 is 9.62 Å². The van der Waals surface area contributed by atoms with Gasteiger partial charge in [0, 0.05) is 16.0 Å². The van der Waals surface area contributed by atoms with Gasteiger partial charge in [-0.25, -0.2) is 0 Å². The first-order valence-corrected chi connectivity index (χ1v) is 6.58. The van der Waals surface area contributed by atoms with Crippen molar-refractivity contribution in [2.24, 2.45) is 5.16 Å². The lowest BCUT2D eigenvalue weighted by molar-refractivity contribution is 0.320. The van der Waals surface area contributed by atoms with E-state index in [1.54, 1.807) is 6.07 Å². The molecule has 0 aliphatic rings. The molecule has 1 heterocycles. The van der Waals surface area contributed by atoms with Gasteiger partial charge in [-0.05, 0) is 40.2 Å². The molecule has 17 heavy (non-hydrogen) atoms. The molecule has 3 nitrogen and oxygen atoms in total. The largest absolute Gasteiger partial charge is 0.447 e. The summed E-state index contributed by atoms with van der Waals surface area (Å²) >= 11 is 10.6. The summed E-state index contributed by atoms with van der Waals surface area (Å²) in [5, 5.41) is 12.7. The summed E-state index contributed by atoms with van der Waals surface area (Å²) in [6.07, 6.45) is 1.23. The van der Waals surface area contributed by atoms with Crippen LogP contribution in [-0.2, 0) is 0 Å². The molecule has 0 atom stereocenters. The van der Waals surface area contributed by atoms with E-state index in [-0.39, 0.29) is 0 Å². The van der Waals surface area contributed by atoms with Crippen molar-refractivity contribution >= 4 is 45.5 Å². The van der Waals surface area contributed by atoms with Crippen LogP contribution in [0.25, 0.3) is 0 Å². The highest BCUT2D eigenvalue weighted by Crippen LogP contribution is 2.35. The second-order valence-corrected chi connectivity index (χ2v) is 5.42. The first-order chi connectivity index (χ1) is 8.19. The Labute approximate surface area is 116 Å². The van der Waals surface area contributed by atoms with Crippen LogP contribution in [0.3, 0.4) is 0 Å². The summed E-state index contributed by atoms with van der Waals surface area (Å²) in [4.78, 5) is 1.01. The number of hydrogen-bond donors (Lipinski definition) is 1. The molecule has 0 radical (unpaired) electrons. The predicted molar refractivity (Wildman–Crippen MR) is 71.4 cm³/mol. The quantitative estimate of drug-likeness (QED) is 0.505. The smallest absolute Gasteiger partial charge is 0.180 e. The molecule has 1 N–H and O–H groups in total. The van der Waals surface area contributed by atoms with Crippen molar-refractivity contribution in [2.75, 3.05) is 0 Å². The van der Waals surface area contributed by atoms with Gasteiger partial charge < -0.3 is 9.62 Å². The fourth-order valence-electron chi connectivity index (χ4n) is 1.17. The summed E-state index contributed by atoms with van der Waals surface area (Å²) in [7, 11) is 0. The SMILES string of the molecule is ON=Cc1cc(Br)c(Sc2ccc(Cl)cc2)o1. The summed E-state index contributed by atoms with van der Waals surface area (Å²) in [6.45, 7) is 0. The zero-order valence-corrected chi connectivity index (χ0v) is 11.6. The monoisotopic (exact) mass is 331 g/mol. The highest BCUT2D eigenvalue weighted by molar-refractivity contribution is 9.10. The Bertz CT molecular complexity index is 539. The minimum atomic E-state index is 0.482. The Kier molecular flexibility index (Phi) is 4.15. The summed E-state index contributed by atoms with van der Waals surface area (Å²) < 4.78 is 6.28. The van der Waals surface area contributed by atoms with E-state index >= 15 is 0 Å². The van der Waals surface area contributed by atoms with Crippen molar-refractivity contribution in [3.05, 3.63) is 45.6 Å². The Morgan fingerprint density at radius 1 is 1.35 bits per heavy atom. The van der Waals surface area contributed by atoms with Crippen LogP contribution in [0.4, 0.5) is 0 Å². The number of benzene rings is 1. The molecule has 0 unspecified atom stereocenters. The van der Waals surface area contributed by atoms with Crippen molar-refractivity contribution in [3.63, 3.8) is 0 Å². The van der Waals surface area contributed by atoms with E-state index in [0.717, 1.165) is 9.37 Å². The van der Waals surface area contributed by atoms with E-state index < -0.39 is 0 Å². The Balaban J connectivity index is 2.20. The van der Waals surface area contributed by atoms with Gasteiger partial charge >= 0.3 is 0 Å². The van der Waals surface area contributed by atoms with Crippen LogP contribution in [0, 0.1) is 0 Å². The molecule has 0 aliphatic heterocycles. The molecule has 0 bridgehead atoms. The number of furan rings is 1. The molecule has 0 saturated carbocycles. The van der Waals surface area contributed by atoms with Gasteiger partial charge in [-0.2, -0.15) is 0 Å². The predicted octanol–water partition coefficient (Wildman–Crippen LogP) is 4.65. The molecule has 1 aromatic carbocycles. The van der Waals surface area contributed by atoms with Gasteiger partial charge in [0.25, 0.3) is 0 Å². The van der Waals surface area contributed by atoms with Crippen molar-refractivity contribution in [2.45, 2.75) is 9.99 Å². The molecule has 0 aliphatic carbocycles. The molecule has 0 saturated heterocycles. The lowest BCUT2D eigenvalue weighted by Crippen LogP contribution is -1.72. The van der Waals surface area contributed by atoms with Crippen molar-refractivity contribution in [1.29, 1.82) is 0 Å². The fourth-order valence-corrected chi connectivity index (χ4v) is 2.62. The standard InChI is InChI=1S/C11H7BrClNO2S/c12-10-5-8(6-14-15)16-11(10)17-9-3-1-7(13)2-4-9/h1-6,15H. The van der Waals surface area contributed by atoms with Crippen LogP contribution >= 0.6 is 39.3 Å². The van der Waals surface area contributed by atoms with Crippen LogP contribution in [0.5, 0.6) is 0 Å². The molecule has 0 spiro atoms. The molecule has 0 fully saturated rings. The molecule has 0 amide bonds. The normalized spacial score (nSPS) is 11.2. The molecule has 1 aromatic heterocycles. The zero-order chi connectivity index (χ0) is 12.3. The van der Waals surface area contributed by atoms with Crippen LogP contribution < -0.4 is 0 Å². The van der Waals surface area contributed by atoms with Crippen molar-refractivity contribution in [3.8, 4) is 0 Å². The van der Waals surface area contributed by atoms with Crippen LogP contribution in [0.1, 0.15) is 5.76 Å². The minimum absolute atomic E-state index is 0.482. The van der Waals surface area contributed by atoms with Gasteiger partial charge in [-0.1, -0.05) is 28.5 Å². The third-order valence-corrected chi connectivity index (χ3v) is 3.98. The third-order valence-electron chi connectivity index (χ3n) is 1.88. The molecular formula is C11H7BrClNO2S. The third kappa shape index (κ3) is 3.28. The van der Waals surface area contributed by atoms with Gasteiger partial charge in [0.05, 0.1) is 4.47 Å². The number of oxime groups is 1. The number of nitrogens with zero attached hydrogens (tertiary/aromatic N) is 1. The Morgan fingerprint density at radius 2 is 2.06 bits per heavy atom. The maximum absolute atomic E-state index is 8.41. The molecular weight excluding hydrogens is 326 g/mol. The van der Waals surface area contributed by atoms with Crippen LogP contribution in [0.15, 0.2) is 54.4 Å². The molecule has 6 heteroatoms. The highest BCUT2D eigenvalue weighted by atomic mass is 79.9. The Hall–Kier alpha value is -0.910. The maximum Gasteiger partial charge on any atom is 0.180 e. The summed E-state index contributed by atoms with van der Waals surface area (Å²) in [5.74, 6) is 0.482. The van der Waals surface area contributed by atoms with Gasteiger partial charge in [-0.3, -0.25) is 0 Å². The Morgan fingerprint density at radius 3 is 2.71 bits per heavy atom. The van der Waals surface area contributed by atoms with Crippen LogP contribution in [-0.4, -0.2) is 11.4 Å². The average Bonchev–Trinajstić information content (AvgIpc) is 2.63. The lowest BCUT2D eigenvalue weighted by atomic mass is 10.4. The lowest BCUT2D eigenvalue weighted by Gasteiger charge is -1.98. The van der Waals surface area contributed by atoms with E-state index in [0.29, 0.717) is 15.9 Å². The van der Waals surface area contributed by atoms with Crippen molar-refractivity contribution in [1.82, 2.24) is 0 Å². The molecule has 2 rings (SSSR count). The first kappa shape index (κ1) is 12.5. The molecule has 88 valence electrons. The number of rotatable bonds is 3. The van der Waals surface area contributed by atoms with E-state index in [2.05, 4.69) is 21.1 Å². The zero-order valence-electron chi connectivity index (χ0n) is 8.43. The van der Waals surface area contributed by atoms with Gasteiger partial charge in [0.15, 0.2) is 10.9 Å². The summed E-state index contributed by atoms with van der Waals surface area (Å²) in [5.41, 5.74) is 0. The van der Waals surface area contributed by atoms with Gasteiger partial charge in [0.1, 0.15) is 6.21 Å². The van der Waals surface area contributed by atoms with E-state index in [1.165, 1.54) is 18.0 Å². The van der Waals surface area contributed by atoms with E-state index in [9.17, 15) is 0 Å². The maximum atomic E-state index is 8.41. The first-order valence-electron chi connectivity index (χ1n) is 4.59. The molecule has 2 aromatic rings. The number of halogens is 2.